The van der Waals surface area contributed by atoms with Crippen molar-refractivity contribution in [2.75, 3.05) is 13.7 Å². The van der Waals surface area contributed by atoms with E-state index in [0.717, 1.165) is 6.42 Å². The number of rotatable bonds is 10. The third kappa shape index (κ3) is 6.46. The monoisotopic (exact) mass is 487 g/mol. The molecule has 1 heterocycles. The van der Waals surface area contributed by atoms with Gasteiger partial charge in [0.25, 0.3) is 11.6 Å². The van der Waals surface area contributed by atoms with E-state index < -0.39 is 34.7 Å². The van der Waals surface area contributed by atoms with Crippen molar-refractivity contribution in [1.82, 2.24) is 10.6 Å². The molecule has 1 amide bonds. The maximum Gasteiger partial charge on any atom is 0.336 e. The van der Waals surface area contributed by atoms with E-state index in [1.165, 1.54) is 25.3 Å². The van der Waals surface area contributed by atoms with Gasteiger partial charge in [-0.05, 0) is 31.7 Å². The molecule has 1 aromatic carbocycles. The molecule has 0 radical (unpaired) electrons. The van der Waals surface area contributed by atoms with Crippen LogP contribution in [-0.2, 0) is 23.9 Å². The number of hydrogen-bond acceptors (Lipinski definition) is 8. The maximum atomic E-state index is 13.6. The van der Waals surface area contributed by atoms with Crippen molar-refractivity contribution in [1.29, 1.82) is 0 Å². The van der Waals surface area contributed by atoms with E-state index in [4.69, 9.17) is 9.47 Å². The van der Waals surface area contributed by atoms with Crippen LogP contribution in [0.15, 0.2) is 46.8 Å². The number of esters is 2. The Labute approximate surface area is 204 Å². The fourth-order valence-corrected chi connectivity index (χ4v) is 3.95. The van der Waals surface area contributed by atoms with E-state index in [1.54, 1.807) is 33.8 Å². The minimum absolute atomic E-state index is 0.148. The topological polar surface area (TPSA) is 137 Å². The number of unbranched alkanes of at least 4 members (excludes halogenated alkanes) is 1. The molecule has 0 saturated heterocycles. The summed E-state index contributed by atoms with van der Waals surface area (Å²) in [6.45, 7) is 9.13. The lowest BCUT2D eigenvalue weighted by molar-refractivity contribution is -0.384. The minimum Gasteiger partial charge on any atom is -0.466 e. The number of nitro groups is 1. The average Bonchev–Trinajstić information content (AvgIpc) is 2.81. The predicted octanol–water partition coefficient (Wildman–Crippen LogP) is 3.49. The number of carbonyl (C=O) groups is 3. The molecule has 1 aliphatic heterocycles. The van der Waals surface area contributed by atoms with E-state index in [9.17, 15) is 24.5 Å². The van der Waals surface area contributed by atoms with Gasteiger partial charge in [-0.25, -0.2) is 9.59 Å². The van der Waals surface area contributed by atoms with Crippen molar-refractivity contribution >= 4 is 23.5 Å². The van der Waals surface area contributed by atoms with Crippen molar-refractivity contribution in [3.63, 3.8) is 0 Å². The van der Waals surface area contributed by atoms with Crippen LogP contribution in [0.5, 0.6) is 0 Å². The third-order valence-corrected chi connectivity index (χ3v) is 5.77. The highest BCUT2D eigenvalue weighted by Gasteiger charge is 2.39. The van der Waals surface area contributed by atoms with Crippen molar-refractivity contribution in [3.05, 3.63) is 62.5 Å². The van der Waals surface area contributed by atoms with Gasteiger partial charge in [-0.15, -0.1) is 0 Å². The van der Waals surface area contributed by atoms with Crippen LogP contribution in [0.25, 0.3) is 0 Å². The Balaban J connectivity index is 2.54. The smallest absolute Gasteiger partial charge is 0.336 e. The highest BCUT2D eigenvalue weighted by Crippen LogP contribution is 2.39. The summed E-state index contributed by atoms with van der Waals surface area (Å²) in [6.07, 6.45) is 1.57. The van der Waals surface area contributed by atoms with E-state index in [-0.39, 0.29) is 29.4 Å². The molecule has 2 atom stereocenters. The predicted molar refractivity (Wildman–Crippen MR) is 129 cm³/mol. The van der Waals surface area contributed by atoms with E-state index in [2.05, 4.69) is 10.6 Å². The molecule has 35 heavy (non-hydrogen) atoms. The number of nitrogens with zero attached hydrogens (tertiary/aromatic N) is 1. The van der Waals surface area contributed by atoms with Gasteiger partial charge in [0.1, 0.15) is 6.04 Å². The zero-order valence-corrected chi connectivity index (χ0v) is 21.0. The number of amides is 1. The average molecular weight is 488 g/mol. The summed E-state index contributed by atoms with van der Waals surface area (Å²) in [6, 6.07) is 4.84. The van der Waals surface area contributed by atoms with Gasteiger partial charge in [0, 0.05) is 29.1 Å². The van der Waals surface area contributed by atoms with Crippen molar-refractivity contribution in [2.24, 2.45) is 5.92 Å². The molecule has 10 nitrogen and oxygen atoms in total. The zero-order chi connectivity index (χ0) is 26.3. The Kier molecular flexibility index (Phi) is 9.56. The fraction of sp³-hybridized carbons (Fsp3) is 0.480. The van der Waals surface area contributed by atoms with Crippen LogP contribution >= 0.6 is 0 Å². The summed E-state index contributed by atoms with van der Waals surface area (Å²) in [5.74, 6) is -3.03. The number of hydrogen-bond donors (Lipinski definition) is 2. The van der Waals surface area contributed by atoms with Crippen LogP contribution in [0, 0.1) is 16.0 Å². The highest BCUT2D eigenvalue weighted by atomic mass is 16.6. The van der Waals surface area contributed by atoms with Crippen LogP contribution in [-0.4, -0.2) is 42.5 Å². The van der Waals surface area contributed by atoms with Gasteiger partial charge in [0.15, 0.2) is 0 Å². The Morgan fingerprint density at radius 1 is 1.17 bits per heavy atom. The van der Waals surface area contributed by atoms with E-state index in [0.29, 0.717) is 23.4 Å². The number of methoxy groups -OCH3 is 1. The normalized spacial score (nSPS) is 16.5. The van der Waals surface area contributed by atoms with E-state index in [1.807, 2.05) is 6.92 Å². The summed E-state index contributed by atoms with van der Waals surface area (Å²) in [4.78, 5) is 49.9. The molecule has 0 unspecified atom stereocenters. The zero-order valence-electron chi connectivity index (χ0n) is 21.0. The number of nitrogens with one attached hydrogen (secondary N) is 2. The summed E-state index contributed by atoms with van der Waals surface area (Å²) in [5.41, 5.74) is 1.41. The Morgan fingerprint density at radius 2 is 1.83 bits per heavy atom. The van der Waals surface area contributed by atoms with Crippen molar-refractivity contribution in [2.45, 2.75) is 59.4 Å². The molecular weight excluding hydrogens is 454 g/mol. The molecule has 0 saturated carbocycles. The number of benzene rings is 1. The summed E-state index contributed by atoms with van der Waals surface area (Å²) >= 11 is 0. The molecule has 190 valence electrons. The van der Waals surface area contributed by atoms with Crippen LogP contribution in [0.4, 0.5) is 5.69 Å². The van der Waals surface area contributed by atoms with Crippen molar-refractivity contribution < 1.29 is 28.8 Å². The van der Waals surface area contributed by atoms with Gasteiger partial charge in [0.05, 0.1) is 30.1 Å². The molecule has 0 bridgehead atoms. The van der Waals surface area contributed by atoms with Crippen LogP contribution in [0.1, 0.15) is 58.9 Å². The maximum absolute atomic E-state index is 13.6. The summed E-state index contributed by atoms with van der Waals surface area (Å²) < 4.78 is 10.3. The Bertz CT molecular complexity index is 1060. The van der Waals surface area contributed by atoms with Crippen LogP contribution in [0.2, 0.25) is 0 Å². The van der Waals surface area contributed by atoms with Crippen LogP contribution in [0.3, 0.4) is 0 Å². The highest BCUT2D eigenvalue weighted by molar-refractivity contribution is 6.03. The largest absolute Gasteiger partial charge is 0.466 e. The molecule has 2 N–H and O–H groups in total. The lowest BCUT2D eigenvalue weighted by Crippen LogP contribution is -2.47. The quantitative estimate of drug-likeness (QED) is 0.221. The lowest BCUT2D eigenvalue weighted by atomic mass is 9.79. The lowest BCUT2D eigenvalue weighted by Gasteiger charge is -2.32. The number of carbonyl (C=O) groups excluding carboxylic acids is 3. The first-order valence-corrected chi connectivity index (χ1v) is 11.5. The molecule has 0 spiro atoms. The van der Waals surface area contributed by atoms with Gasteiger partial charge in [-0.1, -0.05) is 39.3 Å². The number of nitro benzene ring substituents is 1. The standard InChI is InChI=1S/C25H33N3O7/c1-7-8-12-35-25(31)22(14(2)3)27-23(29)19-15(4)26-16(5)20(24(30)34-6)21(19)17-10-9-11-18(13-17)28(32)33/h9-11,13-14,21-22,26H,7-8,12H2,1-6H3,(H,27,29)/t21-,22+/m1/s1. The first-order valence-electron chi connectivity index (χ1n) is 11.5. The first kappa shape index (κ1) is 27.6. The molecule has 0 aliphatic carbocycles. The Hall–Kier alpha value is -3.69. The molecule has 2 rings (SSSR count). The molecule has 10 heteroatoms. The first-order chi connectivity index (χ1) is 16.5. The van der Waals surface area contributed by atoms with Gasteiger partial charge >= 0.3 is 11.9 Å². The van der Waals surface area contributed by atoms with Gasteiger partial charge in [0.2, 0.25) is 0 Å². The molecule has 1 aromatic rings. The van der Waals surface area contributed by atoms with Gasteiger partial charge in [-0.3, -0.25) is 14.9 Å². The number of dihydropyridines is 1. The minimum atomic E-state index is -0.951. The molecule has 1 aliphatic rings. The van der Waals surface area contributed by atoms with Gasteiger partial charge < -0.3 is 20.1 Å². The fourth-order valence-electron chi connectivity index (χ4n) is 3.95. The summed E-state index contributed by atoms with van der Waals surface area (Å²) in [5, 5.41) is 17.2. The second-order valence-electron chi connectivity index (χ2n) is 8.70. The third-order valence-electron chi connectivity index (χ3n) is 5.77. The number of non-ortho nitro benzene ring substituents is 1. The Morgan fingerprint density at radius 3 is 2.40 bits per heavy atom. The van der Waals surface area contributed by atoms with Crippen molar-refractivity contribution in [3.8, 4) is 0 Å². The summed E-state index contributed by atoms with van der Waals surface area (Å²) in [7, 11) is 1.22. The van der Waals surface area contributed by atoms with Gasteiger partial charge in [-0.2, -0.15) is 0 Å². The number of ether oxygens (including phenoxy) is 2. The second kappa shape index (κ2) is 12.1. The molecule has 0 fully saturated rings. The second-order valence-corrected chi connectivity index (χ2v) is 8.70. The molecule has 0 aromatic heterocycles. The van der Waals surface area contributed by atoms with Crippen LogP contribution < -0.4 is 10.6 Å². The number of allylic oxidation sites excluding steroid dienone is 2. The van der Waals surface area contributed by atoms with E-state index >= 15 is 0 Å². The SMILES string of the molecule is CCCCOC(=O)[C@@H](NC(=O)C1=C(C)NC(C)=C(C(=O)OC)[C@@H]1c1cccc([N+](=O)[O-])c1)C(C)C. The molecular formula is C25H33N3O7.